The normalized spacial score (nSPS) is 22.0. The Balaban J connectivity index is 2.35. The number of carbonyl (C=O) groups excluding carboxylic acids is 1. The smallest absolute Gasteiger partial charge is 0.309 e. The van der Waals surface area contributed by atoms with Gasteiger partial charge >= 0.3 is 5.97 Å². The van der Waals surface area contributed by atoms with E-state index in [2.05, 4.69) is 18.7 Å². The fourth-order valence-corrected chi connectivity index (χ4v) is 1.45. The summed E-state index contributed by atoms with van der Waals surface area (Å²) in [6.45, 7) is 3.84. The van der Waals surface area contributed by atoms with E-state index in [0.717, 1.165) is 25.7 Å². The van der Waals surface area contributed by atoms with Crippen molar-refractivity contribution >= 4 is 5.97 Å². The molecule has 2 nitrogen and oxygen atoms in total. The van der Waals surface area contributed by atoms with Crippen molar-refractivity contribution in [2.45, 2.75) is 25.7 Å². The Kier molecular flexibility index (Phi) is 4.30. The summed E-state index contributed by atoms with van der Waals surface area (Å²) in [4.78, 5) is 11.4. The summed E-state index contributed by atoms with van der Waals surface area (Å²) in [6, 6.07) is 0. The van der Waals surface area contributed by atoms with Crippen LogP contribution in [0.15, 0.2) is 24.8 Å². The van der Waals surface area contributed by atoms with E-state index in [9.17, 15) is 4.79 Å². The Labute approximate surface area is 79.3 Å². The number of hydrogen-bond acceptors (Lipinski definition) is 2. The zero-order valence-corrected chi connectivity index (χ0v) is 7.87. The highest BCUT2D eigenvalue weighted by molar-refractivity contribution is 5.72. The van der Waals surface area contributed by atoms with Gasteiger partial charge in [-0.15, -0.1) is 0 Å². The van der Waals surface area contributed by atoms with E-state index < -0.39 is 0 Å². The predicted molar refractivity (Wildman–Crippen MR) is 52.3 cm³/mol. The maximum atomic E-state index is 11.4. The standard InChI is InChI=1S/C11H16O2/c1-2-9-13-11(12)10-7-5-3-4-6-8-10/h2-3,5,10H,1,4,6-9H2. The molecule has 0 fully saturated rings. The van der Waals surface area contributed by atoms with Gasteiger partial charge in [-0.3, -0.25) is 4.79 Å². The van der Waals surface area contributed by atoms with Gasteiger partial charge in [0.25, 0.3) is 0 Å². The monoisotopic (exact) mass is 180 g/mol. The van der Waals surface area contributed by atoms with Crippen LogP contribution in [0.2, 0.25) is 0 Å². The molecule has 13 heavy (non-hydrogen) atoms. The first-order chi connectivity index (χ1) is 6.34. The minimum atomic E-state index is -0.0774. The van der Waals surface area contributed by atoms with Crippen molar-refractivity contribution < 1.29 is 9.53 Å². The zero-order valence-electron chi connectivity index (χ0n) is 7.87. The van der Waals surface area contributed by atoms with Crippen LogP contribution in [0.1, 0.15) is 25.7 Å². The molecule has 0 bridgehead atoms. The van der Waals surface area contributed by atoms with E-state index in [1.54, 1.807) is 6.08 Å². The minimum absolute atomic E-state index is 0.0682. The van der Waals surface area contributed by atoms with Crippen LogP contribution in [0.5, 0.6) is 0 Å². The first-order valence-electron chi connectivity index (χ1n) is 4.77. The number of esters is 1. The largest absolute Gasteiger partial charge is 0.461 e. The van der Waals surface area contributed by atoms with Gasteiger partial charge < -0.3 is 4.74 Å². The fraction of sp³-hybridized carbons (Fsp3) is 0.545. The van der Waals surface area contributed by atoms with Crippen molar-refractivity contribution in [1.82, 2.24) is 0 Å². The molecule has 1 unspecified atom stereocenters. The van der Waals surface area contributed by atoms with Crippen molar-refractivity contribution in [2.75, 3.05) is 6.61 Å². The van der Waals surface area contributed by atoms with E-state index in [-0.39, 0.29) is 11.9 Å². The third kappa shape index (κ3) is 3.45. The summed E-state index contributed by atoms with van der Waals surface area (Å²) in [7, 11) is 0. The summed E-state index contributed by atoms with van der Waals surface area (Å²) in [6.07, 6.45) is 9.77. The SMILES string of the molecule is C=CCOC(=O)C1CC=CCCC1. The summed E-state index contributed by atoms with van der Waals surface area (Å²) in [5.74, 6) is -0.00912. The number of carbonyl (C=O) groups is 1. The molecule has 0 aromatic rings. The van der Waals surface area contributed by atoms with Crippen LogP contribution in [0.25, 0.3) is 0 Å². The van der Waals surface area contributed by atoms with E-state index in [0.29, 0.717) is 6.61 Å². The Bertz CT molecular complexity index is 206. The molecule has 0 aromatic carbocycles. The molecule has 0 radical (unpaired) electrons. The second-order valence-electron chi connectivity index (χ2n) is 3.25. The van der Waals surface area contributed by atoms with Crippen LogP contribution >= 0.6 is 0 Å². The highest BCUT2D eigenvalue weighted by Gasteiger charge is 2.18. The van der Waals surface area contributed by atoms with Gasteiger partial charge in [0.2, 0.25) is 0 Å². The van der Waals surface area contributed by atoms with Crippen LogP contribution in [-0.2, 0) is 9.53 Å². The summed E-state index contributed by atoms with van der Waals surface area (Å²) < 4.78 is 5.00. The van der Waals surface area contributed by atoms with Crippen LogP contribution in [-0.4, -0.2) is 12.6 Å². The van der Waals surface area contributed by atoms with E-state index in [1.165, 1.54) is 0 Å². The van der Waals surface area contributed by atoms with Crippen molar-refractivity contribution in [3.05, 3.63) is 24.8 Å². The van der Waals surface area contributed by atoms with Crippen LogP contribution in [0, 0.1) is 5.92 Å². The lowest BCUT2D eigenvalue weighted by atomic mass is 10.0. The average molecular weight is 180 g/mol. The molecular weight excluding hydrogens is 164 g/mol. The minimum Gasteiger partial charge on any atom is -0.461 e. The number of allylic oxidation sites excluding steroid dienone is 2. The van der Waals surface area contributed by atoms with Gasteiger partial charge in [0, 0.05) is 0 Å². The lowest BCUT2D eigenvalue weighted by Crippen LogP contribution is -2.16. The van der Waals surface area contributed by atoms with Gasteiger partial charge in [-0.2, -0.15) is 0 Å². The van der Waals surface area contributed by atoms with Crippen molar-refractivity contribution in [3.8, 4) is 0 Å². The van der Waals surface area contributed by atoms with Gasteiger partial charge in [0.1, 0.15) is 6.61 Å². The van der Waals surface area contributed by atoms with E-state index in [4.69, 9.17) is 4.74 Å². The van der Waals surface area contributed by atoms with Crippen molar-refractivity contribution in [2.24, 2.45) is 5.92 Å². The molecule has 72 valence electrons. The quantitative estimate of drug-likeness (QED) is 0.492. The third-order valence-electron chi connectivity index (χ3n) is 2.19. The third-order valence-corrected chi connectivity index (χ3v) is 2.19. The summed E-state index contributed by atoms with van der Waals surface area (Å²) in [5, 5.41) is 0. The molecule has 2 heteroatoms. The summed E-state index contributed by atoms with van der Waals surface area (Å²) >= 11 is 0. The zero-order chi connectivity index (χ0) is 9.52. The number of hydrogen-bond donors (Lipinski definition) is 0. The number of ether oxygens (including phenoxy) is 1. The molecule has 1 aliphatic rings. The van der Waals surface area contributed by atoms with Crippen molar-refractivity contribution in [1.29, 1.82) is 0 Å². The molecule has 0 spiro atoms. The molecule has 1 aliphatic carbocycles. The summed E-state index contributed by atoms with van der Waals surface area (Å²) in [5.41, 5.74) is 0. The molecule has 1 atom stereocenters. The first kappa shape index (κ1) is 10.0. The van der Waals surface area contributed by atoms with E-state index >= 15 is 0 Å². The fourth-order valence-electron chi connectivity index (χ4n) is 1.45. The maximum Gasteiger partial charge on any atom is 0.309 e. The second kappa shape index (κ2) is 5.57. The first-order valence-corrected chi connectivity index (χ1v) is 4.77. The Morgan fingerprint density at radius 2 is 2.46 bits per heavy atom. The lowest BCUT2D eigenvalue weighted by Gasteiger charge is -2.11. The van der Waals surface area contributed by atoms with Crippen LogP contribution in [0.3, 0.4) is 0 Å². The highest BCUT2D eigenvalue weighted by Crippen LogP contribution is 2.19. The molecule has 0 saturated carbocycles. The highest BCUT2D eigenvalue weighted by atomic mass is 16.5. The van der Waals surface area contributed by atoms with Gasteiger partial charge in [0.15, 0.2) is 0 Å². The van der Waals surface area contributed by atoms with E-state index in [1.807, 2.05) is 0 Å². The Morgan fingerprint density at radius 3 is 3.23 bits per heavy atom. The molecule has 0 aliphatic heterocycles. The van der Waals surface area contributed by atoms with Gasteiger partial charge in [-0.05, 0) is 25.7 Å². The molecule has 0 saturated heterocycles. The Morgan fingerprint density at radius 1 is 1.62 bits per heavy atom. The maximum absolute atomic E-state index is 11.4. The predicted octanol–water partition coefficient (Wildman–Crippen LogP) is 2.46. The van der Waals surface area contributed by atoms with Crippen LogP contribution in [0.4, 0.5) is 0 Å². The molecule has 0 amide bonds. The van der Waals surface area contributed by atoms with Gasteiger partial charge in [-0.25, -0.2) is 0 Å². The molecular formula is C11H16O2. The number of rotatable bonds is 3. The average Bonchev–Trinajstić information content (AvgIpc) is 2.42. The Hall–Kier alpha value is -1.05. The van der Waals surface area contributed by atoms with Gasteiger partial charge in [0.05, 0.1) is 5.92 Å². The van der Waals surface area contributed by atoms with Gasteiger partial charge in [-0.1, -0.05) is 24.8 Å². The lowest BCUT2D eigenvalue weighted by molar-refractivity contribution is -0.147. The molecule has 0 heterocycles. The molecule has 1 rings (SSSR count). The second-order valence-corrected chi connectivity index (χ2v) is 3.25. The van der Waals surface area contributed by atoms with Crippen LogP contribution < -0.4 is 0 Å². The molecule has 0 aromatic heterocycles. The van der Waals surface area contributed by atoms with Crippen molar-refractivity contribution in [3.63, 3.8) is 0 Å². The topological polar surface area (TPSA) is 26.3 Å². The molecule has 0 N–H and O–H groups in total.